The van der Waals surface area contributed by atoms with Gasteiger partial charge < -0.3 is 39.2 Å². The first kappa shape index (κ1) is 69.4. The Morgan fingerprint density at radius 1 is 0.400 bits per heavy atom. The van der Waals surface area contributed by atoms with E-state index in [-0.39, 0.29) is 36.7 Å². The molecule has 14 nitrogen and oxygen atoms in total. The third kappa shape index (κ3) is 18.3. The van der Waals surface area contributed by atoms with Crippen molar-refractivity contribution >= 4 is 134 Å². The van der Waals surface area contributed by atoms with E-state index in [2.05, 4.69) is 63.2 Å². The summed E-state index contributed by atoms with van der Waals surface area (Å²) in [4.78, 5) is 38.8. The zero-order valence-electron chi connectivity index (χ0n) is 48.6. The number of methoxy groups -OCH3 is 4. The summed E-state index contributed by atoms with van der Waals surface area (Å²) < 4.78 is 26.9. The van der Waals surface area contributed by atoms with Gasteiger partial charge in [0.25, 0.3) is 16.7 Å². The van der Waals surface area contributed by atoms with Crippen LogP contribution in [0.1, 0.15) is 0 Å². The van der Waals surface area contributed by atoms with Gasteiger partial charge >= 0.3 is 10.3 Å². The lowest BCUT2D eigenvalue weighted by molar-refractivity contribution is 0.414. The standard InChI is InChI=1S/C23H19NO3.C21H15NO3.C17H14BrNO3.C6H7BO2.CH2Cl2.BBr3/c1-26-18-10-8-17(9-11-18)24-15-22(16-6-4-3-5-7-16)21-14-19(27-2)12-13-20(21)23(24)25;23-16-8-6-15(7-9-16)22-13-20(14-4-2-1-3-5-14)19-12-17(24)10-11-18(19)21(22)25;1-21-12-5-3-11(4-6-12)19-10-16(18)15-9-13(22-2)7-8-14(15)17(19)20;8-7(9)6-4-2-1-3-5-6;2-1-3;2-1(3)4/h3-15H,1-2H3;1-13,23-24H;3-10H,1-2H3;1-5,8-9H;1H2;. The first-order chi connectivity index (χ1) is 43.4. The van der Waals surface area contributed by atoms with E-state index < -0.39 is 7.12 Å². The molecule has 0 aliphatic rings. The van der Waals surface area contributed by atoms with Crippen LogP contribution in [0.4, 0.5) is 0 Å². The second-order valence-corrected chi connectivity index (χ2v) is 27.0. The quantitative estimate of drug-likeness (QED) is 0.0755. The Kier molecular flexibility index (Phi) is 26.4. The van der Waals surface area contributed by atoms with E-state index in [1.54, 1.807) is 127 Å². The van der Waals surface area contributed by atoms with E-state index >= 15 is 0 Å². The van der Waals surface area contributed by atoms with E-state index in [1.807, 2.05) is 146 Å². The number of alkyl halides is 2. The van der Waals surface area contributed by atoms with Crippen molar-refractivity contribution in [1.29, 1.82) is 0 Å². The second kappa shape index (κ2) is 34.2. The van der Waals surface area contributed by atoms with Crippen LogP contribution in [-0.2, 0) is 0 Å². The molecule has 0 bridgehead atoms. The Labute approximate surface area is 563 Å². The molecule has 0 spiro atoms. The van der Waals surface area contributed by atoms with Gasteiger partial charge in [0, 0.05) is 83.6 Å². The van der Waals surface area contributed by atoms with E-state index in [0.29, 0.717) is 32.7 Å². The van der Waals surface area contributed by atoms with Crippen molar-refractivity contribution in [3.63, 3.8) is 0 Å². The Balaban J connectivity index is 0.000000171. The summed E-state index contributed by atoms with van der Waals surface area (Å²) in [5.41, 5.74) is 6.24. The van der Waals surface area contributed by atoms with Gasteiger partial charge in [-0.3, -0.25) is 28.1 Å². The zero-order valence-corrected chi connectivity index (χ0v) is 56.5. The Bertz CT molecular complexity index is 4480. The smallest absolute Gasteiger partial charge is 0.488 e. The van der Waals surface area contributed by atoms with Crippen LogP contribution in [0.15, 0.2) is 256 Å². The maximum Gasteiger partial charge on any atom is 0.488 e. The first-order valence-corrected chi connectivity index (χ1v) is 31.7. The number of fused-ring (bicyclic) bond motifs is 3. The lowest BCUT2D eigenvalue weighted by atomic mass is 9.81. The molecule has 458 valence electrons. The number of phenolic OH excluding ortho intramolecular Hbond substituents is 2. The lowest BCUT2D eigenvalue weighted by Crippen LogP contribution is -2.29. The fourth-order valence-corrected chi connectivity index (χ4v) is 9.71. The highest BCUT2D eigenvalue weighted by atomic mass is 79.9. The summed E-state index contributed by atoms with van der Waals surface area (Å²) in [5.74, 6) is 3.20. The highest BCUT2D eigenvalue weighted by Crippen LogP contribution is 2.33. The third-order valence-corrected chi connectivity index (χ3v) is 14.1. The second-order valence-electron chi connectivity index (χ2n) is 18.9. The number of hydrogen-bond donors (Lipinski definition) is 4. The number of ether oxygens (including phenoxy) is 4. The van der Waals surface area contributed by atoms with Crippen molar-refractivity contribution in [3.8, 4) is 73.8 Å². The minimum atomic E-state index is -1.34. The minimum absolute atomic E-state index is 0.0718. The molecule has 90 heavy (non-hydrogen) atoms. The topological polar surface area (TPSA) is 184 Å². The van der Waals surface area contributed by atoms with Crippen LogP contribution in [-0.4, -0.2) is 78.0 Å². The van der Waals surface area contributed by atoms with Gasteiger partial charge in [0.2, 0.25) is 0 Å². The number of rotatable bonds is 10. The monoisotopic (exact) mass is 1500 g/mol. The van der Waals surface area contributed by atoms with Crippen LogP contribution < -0.4 is 41.1 Å². The van der Waals surface area contributed by atoms with Gasteiger partial charge in [-0.1, -0.05) is 91.0 Å². The van der Waals surface area contributed by atoms with Crippen LogP contribution in [0.2, 0.25) is 0 Å². The molecule has 0 fully saturated rings. The van der Waals surface area contributed by atoms with Crippen LogP contribution >= 0.6 is 86.4 Å². The van der Waals surface area contributed by atoms with E-state index in [4.69, 9.17) is 52.2 Å². The molecule has 22 heteroatoms. The molecule has 12 rings (SSSR count). The van der Waals surface area contributed by atoms with Crippen LogP contribution in [0.25, 0.3) is 71.6 Å². The number of halogens is 6. The Morgan fingerprint density at radius 2 is 0.711 bits per heavy atom. The molecule has 0 aliphatic carbocycles. The van der Waals surface area contributed by atoms with Crippen LogP contribution in [0.5, 0.6) is 34.5 Å². The van der Waals surface area contributed by atoms with Crippen molar-refractivity contribution < 1.29 is 39.2 Å². The normalized spacial score (nSPS) is 10.3. The number of phenols is 2. The Morgan fingerprint density at radius 3 is 1.09 bits per heavy atom. The summed E-state index contributed by atoms with van der Waals surface area (Å²) >= 11 is 22.4. The molecule has 0 amide bonds. The largest absolute Gasteiger partial charge is 0.508 e. The predicted molar refractivity (Wildman–Crippen MR) is 382 cm³/mol. The SMILES string of the molecule is BrB(Br)Br.COc1ccc(-n2cc(-c3ccccc3)c3cc(OC)ccc3c2=O)cc1.COc1ccc(-n2cc(Br)c3cc(OC)ccc3c2=O)cc1.ClCCl.O=c1c2ccc(O)cc2c(-c2ccccc2)cn1-c1ccc(O)cc1.OB(O)c1ccccc1. The molecular formula is C68H57B2Br4Cl2N3O11. The van der Waals surface area contributed by atoms with Crippen LogP contribution in [0, 0.1) is 0 Å². The highest BCUT2D eigenvalue weighted by Gasteiger charge is 2.16. The number of nitrogens with zero attached hydrogens (tertiary/aromatic N) is 3. The summed E-state index contributed by atoms with van der Waals surface area (Å²) in [6.45, 7) is 0. The summed E-state index contributed by atoms with van der Waals surface area (Å²) in [6, 6.07) is 65.4. The zero-order chi connectivity index (χ0) is 64.9. The predicted octanol–water partition coefficient (Wildman–Crippen LogP) is 15.5. The van der Waals surface area contributed by atoms with Gasteiger partial charge in [-0.25, -0.2) is 0 Å². The van der Waals surface area contributed by atoms with Gasteiger partial charge in [0.1, 0.15) is 34.5 Å². The number of hydrogen-bond acceptors (Lipinski definition) is 11. The molecule has 12 aromatic rings. The average molecular weight is 1500 g/mol. The third-order valence-electron chi connectivity index (χ3n) is 13.5. The molecule has 0 radical (unpaired) electrons. The number of pyridine rings is 3. The highest BCUT2D eigenvalue weighted by molar-refractivity contribution is 9.69. The fraction of sp³-hybridized carbons (Fsp3) is 0.0735. The van der Waals surface area contributed by atoms with Gasteiger partial charge in [-0.2, -0.15) is 0 Å². The van der Waals surface area contributed by atoms with Crippen molar-refractivity contribution in [2.75, 3.05) is 33.8 Å². The van der Waals surface area contributed by atoms with Gasteiger partial charge in [-0.05, 0) is 160 Å². The molecule has 0 saturated heterocycles. The van der Waals surface area contributed by atoms with E-state index in [9.17, 15) is 24.6 Å². The van der Waals surface area contributed by atoms with Crippen molar-refractivity contribution in [3.05, 3.63) is 273 Å². The fourth-order valence-electron chi connectivity index (χ4n) is 9.18. The molecule has 0 saturated carbocycles. The molecular weight excluding hydrogens is 1450 g/mol. The first-order valence-electron chi connectivity index (χ1n) is 27.1. The van der Waals surface area contributed by atoms with Crippen LogP contribution in [0.3, 0.4) is 0 Å². The number of aromatic hydroxyl groups is 2. The minimum Gasteiger partial charge on any atom is -0.508 e. The van der Waals surface area contributed by atoms with E-state index in [0.717, 1.165) is 71.9 Å². The molecule has 4 N–H and O–H groups in total. The molecule has 9 aromatic carbocycles. The summed E-state index contributed by atoms with van der Waals surface area (Å²) in [5, 5.41) is 40.9. The molecule has 3 heterocycles. The maximum absolute atomic E-state index is 13.2. The molecule has 0 atom stereocenters. The van der Waals surface area contributed by atoms with Crippen molar-refractivity contribution in [2.24, 2.45) is 0 Å². The van der Waals surface area contributed by atoms with Crippen molar-refractivity contribution in [2.45, 2.75) is 0 Å². The van der Waals surface area contributed by atoms with E-state index in [1.165, 1.54) is 6.07 Å². The summed E-state index contributed by atoms with van der Waals surface area (Å²) in [7, 11) is 5.13. The van der Waals surface area contributed by atoms with Gasteiger partial charge in [0.05, 0.1) is 33.8 Å². The Hall–Kier alpha value is -8.04. The summed E-state index contributed by atoms with van der Waals surface area (Å²) in [6.07, 6.45) is 5.43. The molecule has 3 aromatic heterocycles. The number of benzene rings is 9. The van der Waals surface area contributed by atoms with Gasteiger partial charge in [0.15, 0.2) is 0 Å². The lowest BCUT2D eigenvalue weighted by Gasteiger charge is -2.14. The van der Waals surface area contributed by atoms with Gasteiger partial charge in [-0.15, -0.1) is 70.5 Å². The maximum atomic E-state index is 13.2. The number of aromatic nitrogens is 3. The molecule has 0 aliphatic heterocycles. The molecule has 0 unspecified atom stereocenters. The average Bonchev–Trinajstić information content (AvgIpc) is 0.834. The van der Waals surface area contributed by atoms with Crippen molar-refractivity contribution in [1.82, 2.24) is 13.7 Å².